The van der Waals surface area contributed by atoms with Gasteiger partial charge in [-0.2, -0.15) is 0 Å². The number of anilines is 1. The Hall–Kier alpha value is -2.91. The lowest BCUT2D eigenvalue weighted by Crippen LogP contribution is -2.52. The number of amides is 1. The van der Waals surface area contributed by atoms with E-state index in [0.29, 0.717) is 53.3 Å². The summed E-state index contributed by atoms with van der Waals surface area (Å²) in [6.45, 7) is 6.15. The number of nitrogens with zero attached hydrogens (tertiary/aromatic N) is 3. The number of carbonyl (C=O) groups excluding carboxylic acids is 1. The fourth-order valence-corrected chi connectivity index (χ4v) is 3.75. The Balaban J connectivity index is 1.56. The van der Waals surface area contributed by atoms with E-state index in [4.69, 9.17) is 28.6 Å². The molecule has 0 aliphatic carbocycles. The van der Waals surface area contributed by atoms with Crippen molar-refractivity contribution in [2.24, 2.45) is 0 Å². The standard InChI is InChI=1S/C22H25ClN4O4S/c1-3-15(2)31-18-7-4-16(5-8-18)21(28)24-22(32)26-12-10-25(11-13-26)19-9-6-17(23)14-20(19)27(29)30/h4-9,14-15H,3,10-13H2,1-2H3,(H,24,28,32)/t15-/m1/s1. The van der Waals surface area contributed by atoms with Gasteiger partial charge in [0, 0.05) is 42.8 Å². The summed E-state index contributed by atoms with van der Waals surface area (Å²) in [6.07, 6.45) is 1.00. The number of nitro groups is 1. The van der Waals surface area contributed by atoms with Gasteiger partial charge in [-0.3, -0.25) is 20.2 Å². The van der Waals surface area contributed by atoms with Crippen LogP contribution in [0.25, 0.3) is 0 Å². The van der Waals surface area contributed by atoms with Gasteiger partial charge in [0.2, 0.25) is 0 Å². The molecule has 3 rings (SSSR count). The van der Waals surface area contributed by atoms with Gasteiger partial charge in [-0.05, 0) is 62.0 Å². The van der Waals surface area contributed by atoms with E-state index in [-0.39, 0.29) is 17.7 Å². The van der Waals surface area contributed by atoms with E-state index in [1.165, 1.54) is 6.07 Å². The number of nitrogens with one attached hydrogen (secondary N) is 1. The van der Waals surface area contributed by atoms with Crippen molar-refractivity contribution in [2.45, 2.75) is 26.4 Å². The summed E-state index contributed by atoms with van der Waals surface area (Å²) in [5.41, 5.74) is 0.982. The van der Waals surface area contributed by atoms with Crippen LogP contribution in [-0.2, 0) is 0 Å². The van der Waals surface area contributed by atoms with Gasteiger partial charge in [-0.1, -0.05) is 18.5 Å². The third-order valence-corrected chi connectivity index (χ3v) is 5.89. The van der Waals surface area contributed by atoms with Crippen LogP contribution in [-0.4, -0.2) is 53.1 Å². The Morgan fingerprint density at radius 2 is 1.88 bits per heavy atom. The minimum atomic E-state index is -0.433. The maximum atomic E-state index is 12.6. The van der Waals surface area contributed by atoms with E-state index >= 15 is 0 Å². The largest absolute Gasteiger partial charge is 0.491 e. The molecular formula is C22H25ClN4O4S. The predicted octanol–water partition coefficient (Wildman–Crippen LogP) is 4.26. The van der Waals surface area contributed by atoms with Crippen molar-refractivity contribution in [3.63, 3.8) is 0 Å². The molecule has 2 aromatic carbocycles. The minimum Gasteiger partial charge on any atom is -0.491 e. The molecule has 10 heteroatoms. The molecule has 170 valence electrons. The highest BCUT2D eigenvalue weighted by Gasteiger charge is 2.25. The highest BCUT2D eigenvalue weighted by atomic mass is 35.5. The maximum absolute atomic E-state index is 12.6. The fourth-order valence-electron chi connectivity index (χ4n) is 3.31. The molecule has 0 radical (unpaired) electrons. The molecule has 8 nitrogen and oxygen atoms in total. The monoisotopic (exact) mass is 476 g/mol. The summed E-state index contributed by atoms with van der Waals surface area (Å²) < 4.78 is 5.73. The lowest BCUT2D eigenvalue weighted by Gasteiger charge is -2.37. The number of hydrogen-bond donors (Lipinski definition) is 1. The molecule has 1 aliphatic rings. The van der Waals surface area contributed by atoms with Gasteiger partial charge in [0.15, 0.2) is 5.11 Å². The van der Waals surface area contributed by atoms with Crippen molar-refractivity contribution < 1.29 is 14.5 Å². The zero-order chi connectivity index (χ0) is 23.3. The quantitative estimate of drug-likeness (QED) is 0.378. The van der Waals surface area contributed by atoms with E-state index in [1.54, 1.807) is 36.4 Å². The second-order valence-electron chi connectivity index (χ2n) is 7.48. The molecule has 1 aliphatic heterocycles. The highest BCUT2D eigenvalue weighted by molar-refractivity contribution is 7.80. The number of carbonyl (C=O) groups is 1. The molecule has 0 aromatic heterocycles. The van der Waals surface area contributed by atoms with Gasteiger partial charge in [0.05, 0.1) is 11.0 Å². The zero-order valence-electron chi connectivity index (χ0n) is 17.9. The van der Waals surface area contributed by atoms with Gasteiger partial charge in [-0.25, -0.2) is 0 Å². The SMILES string of the molecule is CC[C@@H](C)Oc1ccc(C(=O)NC(=S)N2CCN(c3ccc(Cl)cc3[N+](=O)[O-])CC2)cc1. The summed E-state index contributed by atoms with van der Waals surface area (Å²) in [5.74, 6) is 0.423. The third kappa shape index (κ3) is 5.86. The third-order valence-electron chi connectivity index (χ3n) is 5.29. The molecule has 1 fully saturated rings. The first-order valence-electron chi connectivity index (χ1n) is 10.3. The van der Waals surface area contributed by atoms with Gasteiger partial charge in [-0.15, -0.1) is 0 Å². The van der Waals surface area contributed by atoms with Crippen molar-refractivity contribution in [1.82, 2.24) is 10.2 Å². The summed E-state index contributed by atoms with van der Waals surface area (Å²) in [7, 11) is 0. The van der Waals surface area contributed by atoms with Crippen LogP contribution in [0.2, 0.25) is 5.02 Å². The average Bonchev–Trinajstić information content (AvgIpc) is 2.79. The Kier molecular flexibility index (Phi) is 7.87. The van der Waals surface area contributed by atoms with Crippen LogP contribution in [0.5, 0.6) is 5.75 Å². The molecule has 1 heterocycles. The number of piperazine rings is 1. The van der Waals surface area contributed by atoms with Crippen molar-refractivity contribution in [3.05, 3.63) is 63.2 Å². The van der Waals surface area contributed by atoms with Crippen LogP contribution >= 0.6 is 23.8 Å². The van der Waals surface area contributed by atoms with E-state index in [2.05, 4.69) is 5.32 Å². The van der Waals surface area contributed by atoms with E-state index in [9.17, 15) is 14.9 Å². The molecule has 1 N–H and O–H groups in total. The second-order valence-corrected chi connectivity index (χ2v) is 8.31. The smallest absolute Gasteiger partial charge is 0.294 e. The molecule has 1 atom stereocenters. The van der Waals surface area contributed by atoms with Gasteiger partial charge in [0.25, 0.3) is 11.6 Å². The normalized spacial score (nSPS) is 14.6. The number of ether oxygens (including phenoxy) is 1. The van der Waals surface area contributed by atoms with Gasteiger partial charge < -0.3 is 14.5 Å². The molecule has 1 saturated heterocycles. The Morgan fingerprint density at radius 1 is 1.22 bits per heavy atom. The first kappa shape index (κ1) is 23.7. The van der Waals surface area contributed by atoms with Crippen LogP contribution in [0.3, 0.4) is 0 Å². The van der Waals surface area contributed by atoms with Crippen LogP contribution < -0.4 is 15.0 Å². The number of hydrogen-bond acceptors (Lipinski definition) is 6. The number of halogens is 1. The van der Waals surface area contributed by atoms with E-state index in [0.717, 1.165) is 6.42 Å². The van der Waals surface area contributed by atoms with Crippen LogP contribution in [0.15, 0.2) is 42.5 Å². The summed E-state index contributed by atoms with van der Waals surface area (Å²) >= 11 is 11.3. The summed E-state index contributed by atoms with van der Waals surface area (Å²) in [6, 6.07) is 11.6. The van der Waals surface area contributed by atoms with Gasteiger partial charge in [0.1, 0.15) is 11.4 Å². The molecule has 0 unspecified atom stereocenters. The van der Waals surface area contributed by atoms with E-state index in [1.807, 2.05) is 23.6 Å². The maximum Gasteiger partial charge on any atom is 0.294 e. The number of rotatable bonds is 6. The zero-order valence-corrected chi connectivity index (χ0v) is 19.5. The first-order chi connectivity index (χ1) is 15.3. The fraction of sp³-hybridized carbons (Fsp3) is 0.364. The number of nitro benzene ring substituents is 1. The molecule has 32 heavy (non-hydrogen) atoms. The Labute approximate surface area is 197 Å². The Bertz CT molecular complexity index is 994. The molecule has 1 amide bonds. The first-order valence-corrected chi connectivity index (χ1v) is 11.1. The van der Waals surface area contributed by atoms with Gasteiger partial charge >= 0.3 is 0 Å². The van der Waals surface area contributed by atoms with Crippen LogP contribution in [0, 0.1) is 10.1 Å². The highest BCUT2D eigenvalue weighted by Crippen LogP contribution is 2.31. The number of thiocarbonyl (C=S) groups is 1. The lowest BCUT2D eigenvalue weighted by molar-refractivity contribution is -0.384. The van der Waals surface area contributed by atoms with Crippen LogP contribution in [0.4, 0.5) is 11.4 Å². The summed E-state index contributed by atoms with van der Waals surface area (Å²) in [5, 5.41) is 14.8. The number of benzene rings is 2. The summed E-state index contributed by atoms with van der Waals surface area (Å²) in [4.78, 5) is 27.3. The second kappa shape index (κ2) is 10.6. The van der Waals surface area contributed by atoms with Crippen molar-refractivity contribution in [1.29, 1.82) is 0 Å². The molecule has 0 bridgehead atoms. The van der Waals surface area contributed by atoms with Crippen molar-refractivity contribution in [3.8, 4) is 5.75 Å². The topological polar surface area (TPSA) is 88.0 Å². The van der Waals surface area contributed by atoms with Crippen molar-refractivity contribution in [2.75, 3.05) is 31.1 Å². The molecule has 0 saturated carbocycles. The van der Waals surface area contributed by atoms with Crippen LogP contribution in [0.1, 0.15) is 30.6 Å². The molecule has 2 aromatic rings. The molecular weight excluding hydrogens is 452 g/mol. The minimum absolute atomic E-state index is 0.0254. The Morgan fingerprint density at radius 3 is 2.47 bits per heavy atom. The van der Waals surface area contributed by atoms with Crippen molar-refractivity contribution >= 4 is 46.2 Å². The predicted molar refractivity (Wildman–Crippen MR) is 129 cm³/mol. The lowest BCUT2D eigenvalue weighted by atomic mass is 10.2. The average molecular weight is 477 g/mol. The molecule has 0 spiro atoms. The van der Waals surface area contributed by atoms with E-state index < -0.39 is 4.92 Å².